The third kappa shape index (κ3) is 7.96. The molecule has 49 heavy (non-hydrogen) atoms. The van der Waals surface area contributed by atoms with Crippen LogP contribution in [0.4, 0.5) is 5.69 Å². The number of benzene rings is 4. The summed E-state index contributed by atoms with van der Waals surface area (Å²) >= 11 is 0. The van der Waals surface area contributed by atoms with Gasteiger partial charge in [-0.2, -0.15) is 0 Å². The number of ether oxygens (including phenoxy) is 2. The number of anilines is 1. The van der Waals surface area contributed by atoms with Gasteiger partial charge in [0.2, 0.25) is 5.91 Å². The first-order chi connectivity index (χ1) is 23.7. The number of aliphatic hydroxyl groups excluding tert-OH is 1. The molecule has 0 bridgehead atoms. The van der Waals surface area contributed by atoms with E-state index < -0.39 is 0 Å². The zero-order chi connectivity index (χ0) is 34.5. The molecule has 0 unspecified atom stereocenters. The normalized spacial score (nSPS) is 16.9. The molecule has 2 amide bonds. The summed E-state index contributed by atoms with van der Waals surface area (Å²) < 4.78 is 14.6. The van der Waals surface area contributed by atoms with E-state index in [1.165, 1.54) is 0 Å². The van der Waals surface area contributed by atoms with Gasteiger partial charge in [0, 0.05) is 55.4 Å². The van der Waals surface area contributed by atoms with Gasteiger partial charge in [-0.05, 0) is 73.6 Å². The van der Waals surface area contributed by atoms with E-state index in [2.05, 4.69) is 36.3 Å². The van der Waals surface area contributed by atoms with Crippen LogP contribution in [0.25, 0.3) is 10.9 Å². The second-order valence-electron chi connectivity index (χ2n) is 13.1. The molecule has 1 aliphatic rings. The number of fused-ring (bicyclic) bond motifs is 2. The third-order valence-corrected chi connectivity index (χ3v) is 9.13. The maximum absolute atomic E-state index is 13.9. The molecule has 0 saturated heterocycles. The molecular weight excluding hydrogens is 616 g/mol. The summed E-state index contributed by atoms with van der Waals surface area (Å²) in [5.41, 5.74) is 4.00. The summed E-state index contributed by atoms with van der Waals surface area (Å²) in [6.07, 6.45) is 1.94. The van der Waals surface area contributed by atoms with Crippen molar-refractivity contribution in [3.63, 3.8) is 0 Å². The van der Waals surface area contributed by atoms with Gasteiger partial charge in [-0.25, -0.2) is 0 Å². The lowest BCUT2D eigenvalue weighted by Gasteiger charge is -2.38. The number of nitrogens with one attached hydrogen (secondary N) is 1. The number of hydrogen-bond acceptors (Lipinski definition) is 6. The monoisotopic (exact) mass is 660 g/mol. The Labute approximate surface area is 287 Å². The van der Waals surface area contributed by atoms with E-state index in [9.17, 15) is 14.7 Å². The number of nitrogens with zero attached hydrogens (tertiary/aromatic N) is 3. The van der Waals surface area contributed by atoms with Crippen molar-refractivity contribution < 1.29 is 24.2 Å². The van der Waals surface area contributed by atoms with Gasteiger partial charge in [-0.3, -0.25) is 14.5 Å². The number of hydrogen-bond donors (Lipinski definition) is 2. The van der Waals surface area contributed by atoms with E-state index in [4.69, 9.17) is 9.47 Å². The molecule has 0 radical (unpaired) electrons. The van der Waals surface area contributed by atoms with Gasteiger partial charge >= 0.3 is 0 Å². The Morgan fingerprint density at radius 3 is 2.49 bits per heavy atom. The molecule has 2 heterocycles. The lowest BCUT2D eigenvalue weighted by molar-refractivity contribution is -0.115. The molecule has 0 aliphatic carbocycles. The minimum Gasteiger partial charge on any atom is -0.488 e. The van der Waals surface area contributed by atoms with Crippen molar-refractivity contribution in [2.75, 3.05) is 32.1 Å². The number of aryl methyl sites for hydroxylation is 1. The number of amides is 2. The first kappa shape index (κ1) is 33.8. The highest BCUT2D eigenvalue weighted by atomic mass is 16.5. The molecular formula is C40H44N4O5. The number of rotatable bonds is 11. The topological polar surface area (TPSA) is 96.3 Å². The predicted octanol–water partition coefficient (Wildman–Crippen LogP) is 6.50. The lowest BCUT2D eigenvalue weighted by Crippen LogP contribution is -2.49. The Hall–Kier alpha value is -5.12. The smallest absolute Gasteiger partial charge is 0.258 e. The highest BCUT2D eigenvalue weighted by Gasteiger charge is 2.33. The van der Waals surface area contributed by atoms with Gasteiger partial charge in [0.15, 0.2) is 0 Å². The van der Waals surface area contributed by atoms with E-state index >= 15 is 0 Å². The fourth-order valence-electron chi connectivity index (χ4n) is 6.43. The highest BCUT2D eigenvalue weighted by molar-refractivity contribution is 6.00. The molecule has 5 aromatic rings. The van der Waals surface area contributed by atoms with Crippen molar-refractivity contribution in [2.45, 2.75) is 39.0 Å². The first-order valence-electron chi connectivity index (χ1n) is 16.7. The first-order valence-corrected chi connectivity index (χ1v) is 16.7. The van der Waals surface area contributed by atoms with Crippen molar-refractivity contribution in [3.05, 3.63) is 120 Å². The molecule has 6 rings (SSSR count). The number of aromatic nitrogens is 1. The van der Waals surface area contributed by atoms with Crippen LogP contribution in [0.5, 0.6) is 17.2 Å². The Kier molecular flexibility index (Phi) is 10.3. The number of carbonyl (C=O) groups is 2. The standard InChI is InChI=1S/C40H44N4O5/c1-27-22-44(28(2)26-45)40(47)35-21-31(41-39(46)20-30-24-43(4)36-13-9-8-12-34(30)36)16-19-37(35)49-38(27)25-42(3)23-29-14-17-33(18-15-29)48-32-10-6-5-7-11-32/h5-19,21,24,27-28,38,45H,20,22-23,25-26H2,1-4H3,(H,41,46)/t27-,28-,38-/m0/s1. The molecule has 9 nitrogen and oxygen atoms in total. The van der Waals surface area contributed by atoms with Gasteiger partial charge in [-0.1, -0.05) is 55.5 Å². The lowest BCUT2D eigenvalue weighted by atomic mass is 9.99. The van der Waals surface area contributed by atoms with Gasteiger partial charge in [-0.15, -0.1) is 0 Å². The Balaban J connectivity index is 1.16. The van der Waals surface area contributed by atoms with Gasteiger partial charge in [0.1, 0.15) is 23.4 Å². The summed E-state index contributed by atoms with van der Waals surface area (Å²) in [6, 6.07) is 30.6. The van der Waals surface area contributed by atoms with Gasteiger partial charge in [0.25, 0.3) is 5.91 Å². The van der Waals surface area contributed by atoms with Crippen LogP contribution in [-0.4, -0.2) is 70.2 Å². The maximum atomic E-state index is 13.9. The average Bonchev–Trinajstić information content (AvgIpc) is 3.41. The summed E-state index contributed by atoms with van der Waals surface area (Å²) in [5, 5.41) is 14.1. The number of para-hydroxylation sites is 2. The summed E-state index contributed by atoms with van der Waals surface area (Å²) in [4.78, 5) is 31.0. The summed E-state index contributed by atoms with van der Waals surface area (Å²) in [7, 11) is 4.02. The number of carbonyl (C=O) groups excluding carboxylic acids is 2. The highest BCUT2D eigenvalue weighted by Crippen LogP contribution is 2.31. The molecule has 2 N–H and O–H groups in total. The van der Waals surface area contributed by atoms with Gasteiger partial charge < -0.3 is 29.4 Å². The minimum absolute atomic E-state index is 0.0183. The average molecular weight is 661 g/mol. The van der Waals surface area contributed by atoms with E-state index in [-0.39, 0.29) is 42.9 Å². The second kappa shape index (κ2) is 15.0. The maximum Gasteiger partial charge on any atom is 0.258 e. The second-order valence-corrected chi connectivity index (χ2v) is 13.1. The molecule has 0 fully saturated rings. The van der Waals surface area contributed by atoms with Crippen molar-refractivity contribution in [2.24, 2.45) is 13.0 Å². The van der Waals surface area contributed by atoms with Crippen LogP contribution in [0.1, 0.15) is 35.3 Å². The molecule has 1 aromatic heterocycles. The van der Waals surface area contributed by atoms with Crippen molar-refractivity contribution in [1.82, 2.24) is 14.4 Å². The van der Waals surface area contributed by atoms with Crippen molar-refractivity contribution in [3.8, 4) is 17.2 Å². The van der Waals surface area contributed by atoms with E-state index in [1.54, 1.807) is 23.1 Å². The van der Waals surface area contributed by atoms with Crippen molar-refractivity contribution >= 4 is 28.4 Å². The van der Waals surface area contributed by atoms with E-state index in [1.807, 2.05) is 91.5 Å². The van der Waals surface area contributed by atoms with Gasteiger partial charge in [0.05, 0.1) is 24.6 Å². The predicted molar refractivity (Wildman–Crippen MR) is 192 cm³/mol. The minimum atomic E-state index is -0.388. The van der Waals surface area contributed by atoms with Crippen LogP contribution in [0.15, 0.2) is 103 Å². The largest absolute Gasteiger partial charge is 0.488 e. The summed E-state index contributed by atoms with van der Waals surface area (Å²) in [6.45, 7) is 5.48. The Morgan fingerprint density at radius 2 is 1.73 bits per heavy atom. The zero-order valence-corrected chi connectivity index (χ0v) is 28.5. The molecule has 9 heteroatoms. The molecule has 0 spiro atoms. The van der Waals surface area contributed by atoms with Crippen LogP contribution in [0, 0.1) is 5.92 Å². The molecule has 4 aromatic carbocycles. The van der Waals surface area contributed by atoms with Crippen LogP contribution in [0.3, 0.4) is 0 Å². The number of aliphatic hydroxyl groups is 1. The van der Waals surface area contributed by atoms with Crippen LogP contribution in [-0.2, 0) is 24.8 Å². The quantitative estimate of drug-likeness (QED) is 0.168. The summed E-state index contributed by atoms with van der Waals surface area (Å²) in [5.74, 6) is 1.59. The SMILES string of the molecule is C[C@H]1CN([C@@H](C)CO)C(=O)c2cc(NC(=O)Cc3cn(C)c4ccccc34)ccc2O[C@H]1CN(C)Cc1ccc(Oc2ccccc2)cc1. The van der Waals surface area contributed by atoms with E-state index in [0.717, 1.165) is 33.5 Å². The Bertz CT molecular complexity index is 1910. The molecule has 254 valence electrons. The Morgan fingerprint density at radius 1 is 1.02 bits per heavy atom. The van der Waals surface area contributed by atoms with E-state index in [0.29, 0.717) is 36.6 Å². The molecule has 0 saturated carbocycles. The fourth-order valence-corrected chi connectivity index (χ4v) is 6.43. The van der Waals surface area contributed by atoms with Crippen molar-refractivity contribution in [1.29, 1.82) is 0 Å². The molecule has 1 aliphatic heterocycles. The number of likely N-dealkylation sites (N-methyl/N-ethyl adjacent to an activating group) is 1. The van der Waals surface area contributed by atoms with Crippen LogP contribution >= 0.6 is 0 Å². The third-order valence-electron chi connectivity index (χ3n) is 9.13. The fraction of sp³-hybridized carbons (Fsp3) is 0.300. The zero-order valence-electron chi connectivity index (χ0n) is 28.5. The molecule has 3 atom stereocenters. The van der Waals surface area contributed by atoms with Crippen LogP contribution in [0.2, 0.25) is 0 Å². The van der Waals surface area contributed by atoms with Crippen LogP contribution < -0.4 is 14.8 Å².